The van der Waals surface area contributed by atoms with E-state index in [2.05, 4.69) is 19.2 Å². The zero-order valence-electron chi connectivity index (χ0n) is 10.1. The van der Waals surface area contributed by atoms with Gasteiger partial charge < -0.3 is 14.2 Å². The van der Waals surface area contributed by atoms with Gasteiger partial charge in [0, 0.05) is 24.5 Å². The van der Waals surface area contributed by atoms with Crippen LogP contribution in [0.5, 0.6) is 0 Å². The number of carbonyl (C=O) groups excluding carboxylic acids is 3. The van der Waals surface area contributed by atoms with Crippen LogP contribution in [-0.2, 0) is 23.8 Å². The fraction of sp³-hybridized carbons (Fsp3) is 0.167. The molecule has 0 spiro atoms. The summed E-state index contributed by atoms with van der Waals surface area (Å²) < 4.78 is 13.5. The molecule has 0 unspecified atom stereocenters. The molecule has 0 fully saturated rings. The third-order valence-corrected chi connectivity index (χ3v) is 1.85. The van der Waals surface area contributed by atoms with Crippen molar-refractivity contribution >= 4 is 17.9 Å². The summed E-state index contributed by atoms with van der Waals surface area (Å²) in [4.78, 5) is 36.9. The van der Waals surface area contributed by atoms with Gasteiger partial charge in [-0.1, -0.05) is 0 Å². The fourth-order valence-corrected chi connectivity index (χ4v) is 0.960. The van der Waals surface area contributed by atoms with Crippen molar-refractivity contribution in [3.8, 4) is 0 Å². The van der Waals surface area contributed by atoms with Crippen LogP contribution in [0.1, 0.15) is 10.4 Å². The first-order valence-electron chi connectivity index (χ1n) is 5.13. The lowest BCUT2D eigenvalue weighted by molar-refractivity contribution is -0.146. The molecule has 1 aromatic rings. The largest absolute Gasteiger partial charge is 0.466 e. The Kier molecular flexibility index (Phi) is 5.74. The van der Waals surface area contributed by atoms with Crippen molar-refractivity contribution in [2.45, 2.75) is 0 Å². The van der Waals surface area contributed by atoms with Crippen molar-refractivity contribution in [2.24, 2.45) is 0 Å². The number of methoxy groups -OCH3 is 1. The molecular weight excluding hydrogens is 254 g/mol. The van der Waals surface area contributed by atoms with E-state index in [1.807, 2.05) is 0 Å². The molecule has 0 radical (unpaired) electrons. The van der Waals surface area contributed by atoms with Crippen LogP contribution in [0.4, 0.5) is 0 Å². The van der Waals surface area contributed by atoms with Gasteiger partial charge in [-0.25, -0.2) is 14.4 Å². The van der Waals surface area contributed by atoms with Gasteiger partial charge >= 0.3 is 17.9 Å². The summed E-state index contributed by atoms with van der Waals surface area (Å²) in [5.74, 6) is -2.19. The Hall–Kier alpha value is -2.70. The first kappa shape index (κ1) is 14.4. The van der Waals surface area contributed by atoms with Gasteiger partial charge in [-0.3, -0.25) is 4.98 Å². The average Bonchev–Trinajstić information content (AvgIpc) is 2.45. The highest BCUT2D eigenvalue weighted by atomic mass is 16.7. The molecule has 0 saturated heterocycles. The van der Waals surface area contributed by atoms with E-state index in [1.165, 1.54) is 25.6 Å². The van der Waals surface area contributed by atoms with Crippen LogP contribution in [0.3, 0.4) is 0 Å². The maximum atomic E-state index is 11.4. The number of ether oxygens (including phenoxy) is 3. The van der Waals surface area contributed by atoms with Gasteiger partial charge in [0.05, 0.1) is 12.7 Å². The van der Waals surface area contributed by atoms with E-state index in [9.17, 15) is 14.4 Å². The maximum Gasteiger partial charge on any atom is 0.342 e. The van der Waals surface area contributed by atoms with Crippen LogP contribution in [0.2, 0.25) is 0 Å². The van der Waals surface area contributed by atoms with Gasteiger partial charge in [0.1, 0.15) is 0 Å². The van der Waals surface area contributed by atoms with Gasteiger partial charge in [0.2, 0.25) is 6.79 Å². The molecule has 100 valence electrons. The number of carbonyl (C=O) groups is 3. The number of pyridine rings is 1. The van der Waals surface area contributed by atoms with Crippen LogP contribution in [-0.4, -0.2) is 36.8 Å². The molecule has 19 heavy (non-hydrogen) atoms. The van der Waals surface area contributed by atoms with Crippen LogP contribution in [0.25, 0.3) is 0 Å². The number of hydrogen-bond donors (Lipinski definition) is 0. The van der Waals surface area contributed by atoms with Crippen LogP contribution >= 0.6 is 0 Å². The predicted molar refractivity (Wildman–Crippen MR) is 61.8 cm³/mol. The lowest BCUT2D eigenvalue weighted by Gasteiger charge is -2.03. The lowest BCUT2D eigenvalue weighted by atomic mass is 10.3. The van der Waals surface area contributed by atoms with E-state index in [-0.39, 0.29) is 5.56 Å². The van der Waals surface area contributed by atoms with Crippen LogP contribution in [0, 0.1) is 0 Å². The molecule has 0 amide bonds. The normalized spacial score (nSPS) is 9.95. The summed E-state index contributed by atoms with van der Waals surface area (Å²) in [5.41, 5.74) is 0.239. The minimum absolute atomic E-state index is 0.239. The second-order valence-corrected chi connectivity index (χ2v) is 3.11. The van der Waals surface area contributed by atoms with Gasteiger partial charge in [0.25, 0.3) is 0 Å². The predicted octanol–water partition coefficient (Wildman–Crippen LogP) is 0.468. The standard InChI is InChI=1S/C12H11NO6/c1-17-10(14)4-5-11(15)18-8-19-12(16)9-3-2-6-13-7-9/h2-7H,8H2,1H3/b5-4+. The summed E-state index contributed by atoms with van der Waals surface area (Å²) in [6.45, 7) is -0.557. The Bertz CT molecular complexity index is 482. The third kappa shape index (κ3) is 5.44. The molecule has 0 atom stereocenters. The molecule has 0 aliphatic rings. The third-order valence-electron chi connectivity index (χ3n) is 1.85. The lowest BCUT2D eigenvalue weighted by Crippen LogP contribution is -2.12. The van der Waals surface area contributed by atoms with Gasteiger partial charge in [-0.2, -0.15) is 0 Å². The van der Waals surface area contributed by atoms with Crippen molar-refractivity contribution in [3.05, 3.63) is 42.2 Å². The van der Waals surface area contributed by atoms with Gasteiger partial charge in [-0.05, 0) is 12.1 Å². The van der Waals surface area contributed by atoms with E-state index in [0.717, 1.165) is 12.2 Å². The highest BCUT2D eigenvalue weighted by Gasteiger charge is 2.07. The molecule has 0 aliphatic heterocycles. The Morgan fingerprint density at radius 1 is 1.21 bits per heavy atom. The van der Waals surface area contributed by atoms with Crippen molar-refractivity contribution in [3.63, 3.8) is 0 Å². The minimum atomic E-state index is -0.829. The number of rotatable bonds is 5. The SMILES string of the molecule is COC(=O)/C=C/C(=O)OCOC(=O)c1cccnc1. The Morgan fingerprint density at radius 2 is 1.95 bits per heavy atom. The average molecular weight is 265 g/mol. The topological polar surface area (TPSA) is 91.8 Å². The minimum Gasteiger partial charge on any atom is -0.466 e. The highest BCUT2D eigenvalue weighted by Crippen LogP contribution is 1.98. The summed E-state index contributed by atoms with van der Waals surface area (Å²) in [6.07, 6.45) is 4.59. The molecule has 0 bridgehead atoms. The second-order valence-electron chi connectivity index (χ2n) is 3.11. The summed E-state index contributed by atoms with van der Waals surface area (Å²) in [5, 5.41) is 0. The molecule has 7 heteroatoms. The van der Waals surface area contributed by atoms with E-state index in [1.54, 1.807) is 6.07 Å². The maximum absolute atomic E-state index is 11.4. The molecule has 0 N–H and O–H groups in total. The number of hydrogen-bond acceptors (Lipinski definition) is 7. The molecule has 1 rings (SSSR count). The molecule has 1 aromatic heterocycles. The molecule has 0 saturated carbocycles. The highest BCUT2D eigenvalue weighted by molar-refractivity contribution is 5.92. The fourth-order valence-electron chi connectivity index (χ4n) is 0.960. The van der Waals surface area contributed by atoms with Crippen LogP contribution < -0.4 is 0 Å². The summed E-state index contributed by atoms with van der Waals surface area (Å²) in [7, 11) is 1.17. The van der Waals surface area contributed by atoms with Crippen molar-refractivity contribution in [1.82, 2.24) is 4.98 Å². The summed E-state index contributed by atoms with van der Waals surface area (Å²) >= 11 is 0. The Morgan fingerprint density at radius 3 is 2.58 bits per heavy atom. The quantitative estimate of drug-likeness (QED) is 0.434. The number of aromatic nitrogens is 1. The van der Waals surface area contributed by atoms with Gasteiger partial charge in [-0.15, -0.1) is 0 Å². The monoisotopic (exact) mass is 265 g/mol. The van der Waals surface area contributed by atoms with Crippen LogP contribution in [0.15, 0.2) is 36.7 Å². The summed E-state index contributed by atoms with van der Waals surface area (Å²) in [6, 6.07) is 3.08. The molecule has 7 nitrogen and oxygen atoms in total. The van der Waals surface area contributed by atoms with Crippen molar-refractivity contribution < 1.29 is 28.6 Å². The first-order chi connectivity index (χ1) is 9.13. The van der Waals surface area contributed by atoms with Crippen molar-refractivity contribution in [2.75, 3.05) is 13.9 Å². The molecule has 1 heterocycles. The molecule has 0 aliphatic carbocycles. The first-order valence-corrected chi connectivity index (χ1v) is 5.13. The Labute approximate surface area is 108 Å². The molecule has 0 aromatic carbocycles. The number of nitrogens with zero attached hydrogens (tertiary/aromatic N) is 1. The second kappa shape index (κ2) is 7.59. The van der Waals surface area contributed by atoms with E-state index >= 15 is 0 Å². The zero-order valence-corrected chi connectivity index (χ0v) is 10.1. The number of esters is 3. The Balaban J connectivity index is 2.31. The van der Waals surface area contributed by atoms with E-state index < -0.39 is 24.7 Å². The van der Waals surface area contributed by atoms with Gasteiger partial charge in [0.15, 0.2) is 0 Å². The van der Waals surface area contributed by atoms with E-state index in [0.29, 0.717) is 0 Å². The van der Waals surface area contributed by atoms with Crippen molar-refractivity contribution in [1.29, 1.82) is 0 Å². The smallest absolute Gasteiger partial charge is 0.342 e. The molecular formula is C12H11NO6. The van der Waals surface area contributed by atoms with E-state index in [4.69, 9.17) is 0 Å². The zero-order chi connectivity index (χ0) is 14.1.